The molecule has 3 nitrogen and oxygen atoms in total. The predicted octanol–water partition coefficient (Wildman–Crippen LogP) is 3.52. The van der Waals surface area contributed by atoms with Crippen molar-refractivity contribution >= 4 is 33.7 Å². The van der Waals surface area contributed by atoms with Crippen LogP contribution in [0.3, 0.4) is 0 Å². The van der Waals surface area contributed by atoms with E-state index >= 15 is 0 Å². The summed E-state index contributed by atoms with van der Waals surface area (Å²) in [5.74, 6) is 0.855. The van der Waals surface area contributed by atoms with E-state index in [2.05, 4.69) is 31.2 Å². The molecule has 5 heteroatoms. The molecule has 104 valence electrons. The molecule has 0 bridgehead atoms. The second-order valence-corrected chi connectivity index (χ2v) is 7.26. The number of nitrogens with one attached hydrogen (secondary N) is 2. The quantitative estimate of drug-likeness (QED) is 0.555. The van der Waals surface area contributed by atoms with Crippen molar-refractivity contribution in [3.8, 4) is 0 Å². The first-order valence-electron chi connectivity index (χ1n) is 6.24. The Balaban J connectivity index is 2.42. The number of hydrogen-bond donors (Lipinski definition) is 3. The molecule has 0 saturated heterocycles. The standard InChI is InChI=1S/C14H21N3S2/c1-10(19-11(2)15)9-13-5-3-12(4-6-13)7-8-18-14(16)17/h3-6,10,15H,7-9H2,1-2H3,(H3,16,17)/t10-/m1/s1. The fraction of sp³-hybridized carbons (Fsp3) is 0.429. The van der Waals surface area contributed by atoms with Gasteiger partial charge in [0, 0.05) is 11.0 Å². The van der Waals surface area contributed by atoms with Crippen LogP contribution in [-0.2, 0) is 12.8 Å². The number of aryl methyl sites for hydroxylation is 1. The Bertz CT molecular complexity index is 429. The molecule has 1 aromatic rings. The molecule has 0 aromatic heterocycles. The second-order valence-electron chi connectivity index (χ2n) is 4.47. The highest BCUT2D eigenvalue weighted by Crippen LogP contribution is 2.17. The molecular formula is C14H21N3S2. The maximum absolute atomic E-state index is 7.47. The maximum Gasteiger partial charge on any atom is 0.151 e. The van der Waals surface area contributed by atoms with Crippen molar-refractivity contribution in [1.82, 2.24) is 0 Å². The van der Waals surface area contributed by atoms with Crippen molar-refractivity contribution in [2.24, 2.45) is 5.73 Å². The zero-order valence-electron chi connectivity index (χ0n) is 11.4. The van der Waals surface area contributed by atoms with E-state index in [9.17, 15) is 0 Å². The van der Waals surface area contributed by atoms with Crippen LogP contribution in [-0.4, -0.2) is 21.2 Å². The van der Waals surface area contributed by atoms with Gasteiger partial charge in [-0.3, -0.25) is 10.8 Å². The number of thioether (sulfide) groups is 2. The summed E-state index contributed by atoms with van der Waals surface area (Å²) >= 11 is 2.99. The Morgan fingerprint density at radius 3 is 2.32 bits per heavy atom. The van der Waals surface area contributed by atoms with Gasteiger partial charge >= 0.3 is 0 Å². The zero-order valence-corrected chi connectivity index (χ0v) is 13.0. The van der Waals surface area contributed by atoms with Crippen LogP contribution in [0.25, 0.3) is 0 Å². The molecule has 0 aliphatic carbocycles. The van der Waals surface area contributed by atoms with Gasteiger partial charge in [-0.05, 0) is 30.9 Å². The summed E-state index contributed by atoms with van der Waals surface area (Å²) in [5, 5.41) is 15.9. The first kappa shape index (κ1) is 16.1. The molecule has 0 radical (unpaired) electrons. The SMILES string of the molecule is CC(=N)S[C@H](C)Cc1ccc(CCSC(=N)N)cc1. The van der Waals surface area contributed by atoms with E-state index in [1.54, 1.807) is 11.8 Å². The first-order chi connectivity index (χ1) is 8.97. The van der Waals surface area contributed by atoms with Crippen molar-refractivity contribution in [2.75, 3.05) is 5.75 Å². The largest absolute Gasteiger partial charge is 0.379 e. The van der Waals surface area contributed by atoms with E-state index in [1.807, 2.05) is 6.92 Å². The van der Waals surface area contributed by atoms with Gasteiger partial charge in [0.1, 0.15) is 0 Å². The molecule has 0 spiro atoms. The fourth-order valence-corrected chi connectivity index (χ4v) is 3.23. The Morgan fingerprint density at radius 2 is 1.79 bits per heavy atom. The van der Waals surface area contributed by atoms with Gasteiger partial charge < -0.3 is 5.73 Å². The number of rotatable bonds is 6. The van der Waals surface area contributed by atoms with Crippen LogP contribution in [0.1, 0.15) is 25.0 Å². The summed E-state index contributed by atoms with van der Waals surface area (Å²) in [5.41, 5.74) is 7.89. The van der Waals surface area contributed by atoms with Crippen molar-refractivity contribution in [1.29, 1.82) is 10.8 Å². The van der Waals surface area contributed by atoms with Gasteiger partial charge in [0.05, 0.1) is 5.04 Å². The van der Waals surface area contributed by atoms with Crippen molar-refractivity contribution < 1.29 is 0 Å². The van der Waals surface area contributed by atoms with E-state index in [0.717, 1.165) is 18.6 Å². The monoisotopic (exact) mass is 295 g/mol. The van der Waals surface area contributed by atoms with Crippen LogP contribution in [0, 0.1) is 10.8 Å². The van der Waals surface area contributed by atoms with Crippen LogP contribution < -0.4 is 5.73 Å². The molecule has 0 aliphatic heterocycles. The van der Waals surface area contributed by atoms with Crippen molar-refractivity contribution in [3.05, 3.63) is 35.4 Å². The first-order valence-corrected chi connectivity index (χ1v) is 8.10. The van der Waals surface area contributed by atoms with Gasteiger partial charge in [-0.1, -0.05) is 43.0 Å². The Kier molecular flexibility index (Phi) is 7.02. The summed E-state index contributed by atoms with van der Waals surface area (Å²) < 4.78 is 0. The number of nitrogens with two attached hydrogens (primary N) is 1. The summed E-state index contributed by atoms with van der Waals surface area (Å²) in [7, 11) is 0. The summed E-state index contributed by atoms with van der Waals surface area (Å²) in [6, 6.07) is 8.60. The molecule has 0 amide bonds. The van der Waals surface area contributed by atoms with Crippen LogP contribution in [0.2, 0.25) is 0 Å². The summed E-state index contributed by atoms with van der Waals surface area (Å²) in [4.78, 5) is 0. The minimum Gasteiger partial charge on any atom is -0.379 e. The second kappa shape index (κ2) is 8.27. The molecule has 4 N–H and O–H groups in total. The van der Waals surface area contributed by atoms with Gasteiger partial charge in [-0.25, -0.2) is 0 Å². The number of hydrogen-bond acceptors (Lipinski definition) is 4. The number of benzene rings is 1. The molecule has 0 saturated carbocycles. The average Bonchev–Trinajstić information content (AvgIpc) is 2.29. The van der Waals surface area contributed by atoms with E-state index in [4.69, 9.17) is 16.6 Å². The molecule has 1 rings (SSSR count). The smallest absolute Gasteiger partial charge is 0.151 e. The molecule has 0 unspecified atom stereocenters. The molecule has 0 fully saturated rings. The van der Waals surface area contributed by atoms with Crippen molar-refractivity contribution in [2.45, 2.75) is 31.9 Å². The molecule has 0 aliphatic rings. The zero-order chi connectivity index (χ0) is 14.3. The third-order valence-corrected chi connectivity index (χ3v) is 4.21. The fourth-order valence-electron chi connectivity index (χ4n) is 1.80. The predicted molar refractivity (Wildman–Crippen MR) is 88.7 cm³/mol. The van der Waals surface area contributed by atoms with Gasteiger partial charge in [0.25, 0.3) is 0 Å². The third kappa shape index (κ3) is 7.28. The highest BCUT2D eigenvalue weighted by atomic mass is 32.2. The van der Waals surface area contributed by atoms with E-state index in [0.29, 0.717) is 10.3 Å². The molecule has 0 heterocycles. The van der Waals surface area contributed by atoms with Gasteiger partial charge in [-0.2, -0.15) is 0 Å². The topological polar surface area (TPSA) is 73.7 Å². The Labute approximate surface area is 123 Å². The van der Waals surface area contributed by atoms with Crippen molar-refractivity contribution in [3.63, 3.8) is 0 Å². The lowest BCUT2D eigenvalue weighted by atomic mass is 10.1. The van der Waals surface area contributed by atoms with E-state index < -0.39 is 0 Å². The highest BCUT2D eigenvalue weighted by Gasteiger charge is 2.05. The van der Waals surface area contributed by atoms with Gasteiger partial charge in [0.15, 0.2) is 5.17 Å². The van der Waals surface area contributed by atoms with Gasteiger partial charge in [0.2, 0.25) is 0 Å². The maximum atomic E-state index is 7.47. The molecule has 1 atom stereocenters. The van der Waals surface area contributed by atoms with Crippen LogP contribution in [0.5, 0.6) is 0 Å². The lowest BCUT2D eigenvalue weighted by Gasteiger charge is -2.10. The van der Waals surface area contributed by atoms with E-state index in [1.165, 1.54) is 22.9 Å². The number of amidine groups is 1. The minimum absolute atomic E-state index is 0.185. The summed E-state index contributed by atoms with van der Waals surface area (Å²) in [6.45, 7) is 3.98. The Hall–Kier alpha value is -0.940. The highest BCUT2D eigenvalue weighted by molar-refractivity contribution is 8.14. The summed E-state index contributed by atoms with van der Waals surface area (Å²) in [6.07, 6.45) is 1.93. The third-order valence-electron chi connectivity index (χ3n) is 2.57. The Morgan fingerprint density at radius 1 is 1.21 bits per heavy atom. The lowest BCUT2D eigenvalue weighted by molar-refractivity contribution is 0.945. The molecule has 1 aromatic carbocycles. The lowest BCUT2D eigenvalue weighted by Crippen LogP contribution is -2.06. The van der Waals surface area contributed by atoms with Crippen LogP contribution >= 0.6 is 23.5 Å². The molecule has 19 heavy (non-hydrogen) atoms. The average molecular weight is 295 g/mol. The van der Waals surface area contributed by atoms with E-state index in [-0.39, 0.29) is 5.17 Å². The molecular weight excluding hydrogens is 274 g/mol. The van der Waals surface area contributed by atoms with Gasteiger partial charge in [-0.15, -0.1) is 11.8 Å². The normalized spacial score (nSPS) is 12.1. The minimum atomic E-state index is 0.185. The van der Waals surface area contributed by atoms with Crippen LogP contribution in [0.4, 0.5) is 0 Å². The van der Waals surface area contributed by atoms with Crippen LogP contribution in [0.15, 0.2) is 24.3 Å².